The molecule has 0 aliphatic heterocycles. The van der Waals surface area contributed by atoms with Crippen LogP contribution in [0.1, 0.15) is 50.4 Å². The van der Waals surface area contributed by atoms with Crippen LogP contribution in [0.25, 0.3) is 0 Å². The van der Waals surface area contributed by atoms with Crippen LogP contribution in [-0.2, 0) is 0 Å². The predicted octanol–water partition coefficient (Wildman–Crippen LogP) is 2.76. The van der Waals surface area contributed by atoms with Crippen molar-refractivity contribution in [2.45, 2.75) is 45.6 Å². The number of hydrogen-bond acceptors (Lipinski definition) is 3. The minimum absolute atomic E-state index is 0.0759. The lowest BCUT2D eigenvalue weighted by Gasteiger charge is -2.27. The molecule has 20 heavy (non-hydrogen) atoms. The summed E-state index contributed by atoms with van der Waals surface area (Å²) in [7, 11) is 0. The standard InChI is InChI=1S/C16H25NO3/c1-4-6-11-20-14-9-7-13(8-10-14)15(19)17-16(3,5-2)12-18/h7-10,18H,4-6,11-12H2,1-3H3,(H,17,19). The fourth-order valence-corrected chi connectivity index (χ4v) is 1.62. The van der Waals surface area contributed by atoms with Crippen molar-refractivity contribution < 1.29 is 14.6 Å². The van der Waals surface area contributed by atoms with Crippen LogP contribution in [0.3, 0.4) is 0 Å². The molecule has 1 aromatic rings. The lowest BCUT2D eigenvalue weighted by molar-refractivity contribution is 0.0847. The molecule has 0 aromatic heterocycles. The molecule has 0 spiro atoms. The smallest absolute Gasteiger partial charge is 0.251 e. The first-order chi connectivity index (χ1) is 9.54. The van der Waals surface area contributed by atoms with Crippen molar-refractivity contribution in [3.05, 3.63) is 29.8 Å². The number of rotatable bonds is 8. The van der Waals surface area contributed by atoms with Crippen molar-refractivity contribution in [2.24, 2.45) is 0 Å². The molecular weight excluding hydrogens is 254 g/mol. The highest BCUT2D eigenvalue weighted by Crippen LogP contribution is 2.14. The molecule has 0 aliphatic carbocycles. The number of amides is 1. The van der Waals surface area contributed by atoms with E-state index in [-0.39, 0.29) is 12.5 Å². The monoisotopic (exact) mass is 279 g/mol. The van der Waals surface area contributed by atoms with E-state index in [0.717, 1.165) is 18.6 Å². The second kappa shape index (κ2) is 7.90. The molecule has 112 valence electrons. The summed E-state index contributed by atoms with van der Waals surface area (Å²) in [6.45, 7) is 6.49. The molecule has 1 amide bonds. The first-order valence-electron chi connectivity index (χ1n) is 7.21. The Bertz CT molecular complexity index is 410. The molecular formula is C16H25NO3. The highest BCUT2D eigenvalue weighted by atomic mass is 16.5. The van der Waals surface area contributed by atoms with E-state index < -0.39 is 5.54 Å². The Morgan fingerprint density at radius 2 is 1.95 bits per heavy atom. The van der Waals surface area contributed by atoms with E-state index in [2.05, 4.69) is 12.2 Å². The third kappa shape index (κ3) is 4.85. The normalized spacial score (nSPS) is 13.6. The molecule has 4 heteroatoms. The second-order valence-corrected chi connectivity index (χ2v) is 5.25. The number of aliphatic hydroxyl groups excluding tert-OH is 1. The Hall–Kier alpha value is -1.55. The van der Waals surface area contributed by atoms with E-state index in [4.69, 9.17) is 4.74 Å². The van der Waals surface area contributed by atoms with E-state index in [1.54, 1.807) is 24.3 Å². The summed E-state index contributed by atoms with van der Waals surface area (Å²) in [6, 6.07) is 7.08. The van der Waals surface area contributed by atoms with Crippen LogP contribution < -0.4 is 10.1 Å². The van der Waals surface area contributed by atoms with Gasteiger partial charge in [0, 0.05) is 5.56 Å². The molecule has 0 saturated heterocycles. The van der Waals surface area contributed by atoms with Crippen molar-refractivity contribution in [2.75, 3.05) is 13.2 Å². The van der Waals surface area contributed by atoms with Gasteiger partial charge in [0.15, 0.2) is 0 Å². The van der Waals surface area contributed by atoms with Gasteiger partial charge in [0.25, 0.3) is 5.91 Å². The number of carbonyl (C=O) groups excluding carboxylic acids is 1. The summed E-state index contributed by atoms with van der Waals surface area (Å²) >= 11 is 0. The van der Waals surface area contributed by atoms with Crippen LogP contribution in [-0.4, -0.2) is 29.8 Å². The van der Waals surface area contributed by atoms with Crippen molar-refractivity contribution >= 4 is 5.91 Å². The lowest BCUT2D eigenvalue weighted by Crippen LogP contribution is -2.48. The fraction of sp³-hybridized carbons (Fsp3) is 0.562. The third-order valence-corrected chi connectivity index (χ3v) is 3.43. The van der Waals surface area contributed by atoms with Crippen molar-refractivity contribution in [3.8, 4) is 5.75 Å². The first-order valence-corrected chi connectivity index (χ1v) is 7.21. The topological polar surface area (TPSA) is 58.6 Å². The summed E-state index contributed by atoms with van der Waals surface area (Å²) < 4.78 is 5.55. The van der Waals surface area contributed by atoms with Crippen molar-refractivity contribution in [1.29, 1.82) is 0 Å². The Labute approximate surface area is 121 Å². The van der Waals surface area contributed by atoms with Crippen LogP contribution in [0.5, 0.6) is 5.75 Å². The molecule has 0 aliphatic rings. The first kappa shape index (κ1) is 16.5. The molecule has 1 rings (SSSR count). The van der Waals surface area contributed by atoms with E-state index in [0.29, 0.717) is 18.6 Å². The highest BCUT2D eigenvalue weighted by molar-refractivity contribution is 5.94. The van der Waals surface area contributed by atoms with Gasteiger partial charge in [0.1, 0.15) is 5.75 Å². The van der Waals surface area contributed by atoms with E-state index in [1.807, 2.05) is 13.8 Å². The van der Waals surface area contributed by atoms with Crippen LogP contribution in [0, 0.1) is 0 Å². The van der Waals surface area contributed by atoms with Gasteiger partial charge in [-0.15, -0.1) is 0 Å². The molecule has 0 saturated carbocycles. The SMILES string of the molecule is CCCCOc1ccc(C(=O)NC(C)(CC)CO)cc1. The molecule has 1 aromatic carbocycles. The Balaban J connectivity index is 2.61. The number of hydrogen-bond donors (Lipinski definition) is 2. The average molecular weight is 279 g/mol. The molecule has 1 unspecified atom stereocenters. The molecule has 4 nitrogen and oxygen atoms in total. The van der Waals surface area contributed by atoms with E-state index in [9.17, 15) is 9.90 Å². The minimum atomic E-state index is -0.576. The molecule has 0 bridgehead atoms. The van der Waals surface area contributed by atoms with Gasteiger partial charge in [-0.3, -0.25) is 4.79 Å². The maximum absolute atomic E-state index is 12.1. The third-order valence-electron chi connectivity index (χ3n) is 3.43. The van der Waals surface area contributed by atoms with Gasteiger partial charge in [0.05, 0.1) is 18.8 Å². The molecule has 0 heterocycles. The highest BCUT2D eigenvalue weighted by Gasteiger charge is 2.23. The Morgan fingerprint density at radius 1 is 1.30 bits per heavy atom. The Kier molecular flexibility index (Phi) is 6.52. The van der Waals surface area contributed by atoms with Crippen LogP contribution >= 0.6 is 0 Å². The zero-order valence-electron chi connectivity index (χ0n) is 12.6. The molecule has 2 N–H and O–H groups in total. The minimum Gasteiger partial charge on any atom is -0.494 e. The van der Waals surface area contributed by atoms with Crippen LogP contribution in [0.2, 0.25) is 0 Å². The maximum atomic E-state index is 12.1. The lowest BCUT2D eigenvalue weighted by atomic mass is 9.99. The Morgan fingerprint density at radius 3 is 2.45 bits per heavy atom. The van der Waals surface area contributed by atoms with Crippen molar-refractivity contribution in [1.82, 2.24) is 5.32 Å². The number of carbonyl (C=O) groups is 1. The van der Waals surface area contributed by atoms with Gasteiger partial charge in [-0.05, 0) is 44.0 Å². The number of benzene rings is 1. The fourth-order valence-electron chi connectivity index (χ4n) is 1.62. The zero-order chi connectivity index (χ0) is 15.0. The second-order valence-electron chi connectivity index (χ2n) is 5.25. The van der Waals surface area contributed by atoms with Crippen LogP contribution in [0.4, 0.5) is 0 Å². The van der Waals surface area contributed by atoms with Gasteiger partial charge in [-0.25, -0.2) is 0 Å². The summed E-state index contributed by atoms with van der Waals surface area (Å²) in [5.74, 6) is 0.596. The summed E-state index contributed by atoms with van der Waals surface area (Å²) in [5.41, 5.74) is -0.00567. The molecule has 1 atom stereocenters. The van der Waals surface area contributed by atoms with Gasteiger partial charge < -0.3 is 15.2 Å². The van der Waals surface area contributed by atoms with Crippen LogP contribution in [0.15, 0.2) is 24.3 Å². The average Bonchev–Trinajstić information content (AvgIpc) is 2.48. The van der Waals surface area contributed by atoms with Gasteiger partial charge in [0.2, 0.25) is 0 Å². The largest absolute Gasteiger partial charge is 0.494 e. The molecule has 0 fully saturated rings. The maximum Gasteiger partial charge on any atom is 0.251 e. The molecule has 0 radical (unpaired) electrons. The van der Waals surface area contributed by atoms with E-state index in [1.165, 1.54) is 0 Å². The number of unbranched alkanes of at least 4 members (excludes halogenated alkanes) is 1. The predicted molar refractivity (Wildman–Crippen MR) is 80.1 cm³/mol. The number of nitrogens with one attached hydrogen (secondary N) is 1. The number of ether oxygens (including phenoxy) is 1. The van der Waals surface area contributed by atoms with Crippen molar-refractivity contribution in [3.63, 3.8) is 0 Å². The zero-order valence-corrected chi connectivity index (χ0v) is 12.6. The van der Waals surface area contributed by atoms with E-state index >= 15 is 0 Å². The quantitative estimate of drug-likeness (QED) is 0.719. The number of aliphatic hydroxyl groups is 1. The summed E-state index contributed by atoms with van der Waals surface area (Å²) in [4.78, 5) is 12.1. The van der Waals surface area contributed by atoms with Gasteiger partial charge >= 0.3 is 0 Å². The van der Waals surface area contributed by atoms with Gasteiger partial charge in [-0.1, -0.05) is 20.3 Å². The summed E-state index contributed by atoms with van der Waals surface area (Å²) in [5, 5.41) is 12.2. The van der Waals surface area contributed by atoms with Gasteiger partial charge in [-0.2, -0.15) is 0 Å². The summed E-state index contributed by atoms with van der Waals surface area (Å²) in [6.07, 6.45) is 2.79.